The van der Waals surface area contributed by atoms with Gasteiger partial charge in [0.05, 0.1) is 16.4 Å². The summed E-state index contributed by atoms with van der Waals surface area (Å²) in [6, 6.07) is 26.8. The molecule has 0 saturated carbocycles. The van der Waals surface area contributed by atoms with Crippen molar-refractivity contribution in [1.29, 1.82) is 0 Å². The monoisotopic (exact) mass is 471 g/mol. The fraction of sp³-hybridized carbons (Fsp3) is 0.185. The van der Waals surface area contributed by atoms with E-state index in [9.17, 15) is 4.79 Å². The van der Waals surface area contributed by atoms with Crippen molar-refractivity contribution in [3.8, 4) is 11.1 Å². The van der Waals surface area contributed by atoms with Crippen molar-refractivity contribution in [2.75, 3.05) is 18.5 Å². The molecule has 0 atom stereocenters. The molecule has 33 heavy (non-hydrogen) atoms. The van der Waals surface area contributed by atoms with Crippen LogP contribution < -0.4 is 4.90 Å². The Morgan fingerprint density at radius 3 is 2.27 bits per heavy atom. The Labute approximate surface area is 203 Å². The van der Waals surface area contributed by atoms with Crippen molar-refractivity contribution in [2.45, 2.75) is 24.7 Å². The number of nitrogens with zero attached hydrogens (tertiary/aromatic N) is 3. The van der Waals surface area contributed by atoms with E-state index in [2.05, 4.69) is 48.2 Å². The van der Waals surface area contributed by atoms with E-state index in [1.807, 2.05) is 54.4 Å². The number of aliphatic imine (C=N–C) groups is 1. The number of carbonyl (C=O) groups is 1. The molecule has 166 valence electrons. The molecule has 0 bridgehead atoms. The first-order valence-corrected chi connectivity index (χ1v) is 12.8. The average molecular weight is 472 g/mol. The first-order chi connectivity index (χ1) is 16.2. The molecule has 0 aromatic heterocycles. The minimum atomic E-state index is 0.0512. The molecule has 5 rings (SSSR count). The number of benzene rings is 3. The number of carbonyl (C=O) groups excluding carboxylic acids is 1. The highest BCUT2D eigenvalue weighted by atomic mass is 32.2. The molecule has 0 unspecified atom stereocenters. The van der Waals surface area contributed by atoms with Crippen LogP contribution in [-0.2, 0) is 4.79 Å². The van der Waals surface area contributed by atoms with Gasteiger partial charge in [0.1, 0.15) is 4.91 Å². The van der Waals surface area contributed by atoms with Crippen LogP contribution in [0.3, 0.4) is 0 Å². The summed E-state index contributed by atoms with van der Waals surface area (Å²) in [7, 11) is 2.03. The number of hydrogen-bond acceptors (Lipinski definition) is 5. The number of anilines is 1. The molecule has 2 aliphatic rings. The highest BCUT2D eigenvalue weighted by Crippen LogP contribution is 2.50. The maximum atomic E-state index is 13.5. The van der Waals surface area contributed by atoms with E-state index >= 15 is 0 Å². The molecule has 3 aromatic carbocycles. The molecule has 2 aliphatic heterocycles. The van der Waals surface area contributed by atoms with E-state index in [1.54, 1.807) is 11.8 Å². The number of rotatable bonds is 5. The lowest BCUT2D eigenvalue weighted by Gasteiger charge is -2.16. The summed E-state index contributed by atoms with van der Waals surface area (Å²) in [6.45, 7) is 2.82. The number of hydrogen-bond donors (Lipinski definition) is 0. The minimum absolute atomic E-state index is 0.0512. The highest BCUT2D eigenvalue weighted by Gasteiger charge is 2.38. The number of amidine groups is 1. The third-order valence-electron chi connectivity index (χ3n) is 5.73. The van der Waals surface area contributed by atoms with Gasteiger partial charge in [0, 0.05) is 18.5 Å². The van der Waals surface area contributed by atoms with E-state index < -0.39 is 0 Å². The van der Waals surface area contributed by atoms with Gasteiger partial charge in [-0.05, 0) is 53.6 Å². The van der Waals surface area contributed by atoms with Gasteiger partial charge in [-0.1, -0.05) is 79.7 Å². The smallest absolute Gasteiger partial charge is 0.269 e. The number of unbranched alkanes of at least 4 members (excludes halogenated alkanes) is 1. The summed E-state index contributed by atoms with van der Waals surface area (Å²) in [5, 5.41) is 1.74. The predicted octanol–water partition coefficient (Wildman–Crippen LogP) is 7.13. The molecular formula is C27H25N3OS2. The molecule has 2 heterocycles. The molecule has 1 fully saturated rings. The lowest BCUT2D eigenvalue weighted by Crippen LogP contribution is -2.30. The second-order valence-electron chi connectivity index (χ2n) is 7.98. The van der Waals surface area contributed by atoms with Crippen LogP contribution in [0.5, 0.6) is 0 Å². The Kier molecular flexibility index (Phi) is 6.29. The van der Waals surface area contributed by atoms with Crippen LogP contribution >= 0.6 is 23.5 Å². The second-order valence-corrected chi connectivity index (χ2v) is 9.99. The fourth-order valence-electron chi connectivity index (χ4n) is 3.90. The SMILES string of the molecule is CCCCN1C(=O)/C(=C2/Sc3ccccc3N2C)SC1=Nc1ccc(-c2ccccc2)cc1. The average Bonchev–Trinajstić information content (AvgIpc) is 3.35. The summed E-state index contributed by atoms with van der Waals surface area (Å²) in [6.07, 6.45) is 1.98. The van der Waals surface area contributed by atoms with Gasteiger partial charge >= 0.3 is 0 Å². The predicted molar refractivity (Wildman–Crippen MR) is 141 cm³/mol. The van der Waals surface area contributed by atoms with Gasteiger partial charge in [-0.3, -0.25) is 9.69 Å². The quantitative estimate of drug-likeness (QED) is 0.371. The summed E-state index contributed by atoms with van der Waals surface area (Å²) in [5.41, 5.74) is 4.33. The second kappa shape index (κ2) is 9.49. The molecule has 0 spiro atoms. The Morgan fingerprint density at radius 1 is 0.848 bits per heavy atom. The number of amides is 1. The zero-order valence-corrected chi connectivity index (χ0v) is 20.3. The van der Waals surface area contributed by atoms with Crippen LogP contribution in [0, 0.1) is 0 Å². The van der Waals surface area contributed by atoms with Crippen molar-refractivity contribution in [3.63, 3.8) is 0 Å². The summed E-state index contributed by atoms with van der Waals surface area (Å²) >= 11 is 3.15. The van der Waals surface area contributed by atoms with Crippen molar-refractivity contribution >= 4 is 46.0 Å². The Bertz CT molecular complexity index is 1240. The lowest BCUT2D eigenvalue weighted by atomic mass is 10.1. The topological polar surface area (TPSA) is 35.9 Å². The van der Waals surface area contributed by atoms with E-state index in [-0.39, 0.29) is 5.91 Å². The maximum Gasteiger partial charge on any atom is 0.269 e. The summed E-state index contributed by atoms with van der Waals surface area (Å²) in [5.74, 6) is 0.0512. The molecule has 1 saturated heterocycles. The minimum Gasteiger partial charge on any atom is -0.337 e. The van der Waals surface area contributed by atoms with Gasteiger partial charge in [-0.2, -0.15) is 0 Å². The molecule has 4 nitrogen and oxygen atoms in total. The maximum absolute atomic E-state index is 13.5. The third-order valence-corrected chi connectivity index (χ3v) is 8.16. The van der Waals surface area contributed by atoms with E-state index in [0.717, 1.165) is 44.9 Å². The Balaban J connectivity index is 1.46. The first kappa shape index (κ1) is 21.9. The number of para-hydroxylation sites is 1. The van der Waals surface area contributed by atoms with Crippen LogP contribution in [-0.4, -0.2) is 29.6 Å². The molecule has 0 aliphatic carbocycles. The van der Waals surface area contributed by atoms with Crippen molar-refractivity contribution in [2.24, 2.45) is 4.99 Å². The number of thioether (sulfide) groups is 2. The normalized spacial score (nSPS) is 19.0. The summed E-state index contributed by atoms with van der Waals surface area (Å²) < 4.78 is 0. The molecule has 3 aromatic rings. The van der Waals surface area contributed by atoms with Gasteiger partial charge in [0.25, 0.3) is 5.91 Å². The van der Waals surface area contributed by atoms with Gasteiger partial charge in [0.2, 0.25) is 0 Å². The van der Waals surface area contributed by atoms with Crippen molar-refractivity contribution in [3.05, 3.63) is 88.8 Å². The zero-order chi connectivity index (χ0) is 22.8. The largest absolute Gasteiger partial charge is 0.337 e. The van der Waals surface area contributed by atoms with Crippen LogP contribution in [0.15, 0.2) is 98.7 Å². The molecule has 1 amide bonds. The lowest BCUT2D eigenvalue weighted by molar-refractivity contribution is -0.122. The van der Waals surface area contributed by atoms with Crippen LogP contribution in [0.25, 0.3) is 11.1 Å². The van der Waals surface area contributed by atoms with Gasteiger partial charge in [0.15, 0.2) is 5.17 Å². The Morgan fingerprint density at radius 2 is 1.55 bits per heavy atom. The van der Waals surface area contributed by atoms with E-state index in [0.29, 0.717) is 6.54 Å². The van der Waals surface area contributed by atoms with Gasteiger partial charge in [-0.15, -0.1) is 0 Å². The Hall–Kier alpha value is -2.96. The fourth-order valence-corrected chi connectivity index (χ4v) is 6.27. The van der Waals surface area contributed by atoms with Crippen molar-refractivity contribution < 1.29 is 4.79 Å². The third kappa shape index (κ3) is 4.33. The molecule has 6 heteroatoms. The van der Waals surface area contributed by atoms with Crippen LogP contribution in [0.2, 0.25) is 0 Å². The van der Waals surface area contributed by atoms with Gasteiger partial charge < -0.3 is 4.90 Å². The zero-order valence-electron chi connectivity index (χ0n) is 18.7. The van der Waals surface area contributed by atoms with Crippen LogP contribution in [0.1, 0.15) is 19.8 Å². The highest BCUT2D eigenvalue weighted by molar-refractivity contribution is 8.19. The summed E-state index contributed by atoms with van der Waals surface area (Å²) in [4.78, 5) is 24.3. The molecule has 0 N–H and O–H groups in total. The van der Waals surface area contributed by atoms with E-state index in [4.69, 9.17) is 4.99 Å². The first-order valence-electron chi connectivity index (χ1n) is 11.1. The van der Waals surface area contributed by atoms with Crippen molar-refractivity contribution in [1.82, 2.24) is 4.90 Å². The van der Waals surface area contributed by atoms with E-state index in [1.165, 1.54) is 22.2 Å². The number of fused-ring (bicyclic) bond motifs is 1. The molecular weight excluding hydrogens is 446 g/mol. The van der Waals surface area contributed by atoms with Crippen LogP contribution in [0.4, 0.5) is 11.4 Å². The molecule has 0 radical (unpaired) electrons. The van der Waals surface area contributed by atoms with Gasteiger partial charge in [-0.25, -0.2) is 4.99 Å². The standard InChI is InChI=1S/C27H25N3OS2/c1-3-4-18-30-25(31)24(26-29(2)22-12-8-9-13-23(22)32-26)33-27(30)28-21-16-14-20(15-17-21)19-10-6-5-7-11-19/h5-17H,3-4,18H2,1-2H3/b26-24-,28-27?.